The van der Waals surface area contributed by atoms with Gasteiger partial charge in [-0.3, -0.25) is 0 Å². The molecule has 11 heavy (non-hydrogen) atoms. The summed E-state index contributed by atoms with van der Waals surface area (Å²) < 4.78 is 0. The molecular weight excluding hydrogens is 140 g/mol. The smallest absolute Gasteiger partial charge is 0.328 e. The third kappa shape index (κ3) is 1.06. The molecule has 0 aromatic rings. The molecule has 2 fully saturated rings. The van der Waals surface area contributed by atoms with E-state index in [2.05, 4.69) is 0 Å². The number of fused-ring (bicyclic) bond motifs is 1. The van der Waals surface area contributed by atoms with Crippen molar-refractivity contribution < 1.29 is 9.90 Å². The molecule has 1 N–H and O–H groups in total. The molecule has 0 bridgehead atoms. The Kier molecular flexibility index (Phi) is 1.48. The van der Waals surface area contributed by atoms with E-state index in [9.17, 15) is 4.79 Å². The van der Waals surface area contributed by atoms with E-state index in [0.29, 0.717) is 5.92 Å². The van der Waals surface area contributed by atoms with Crippen LogP contribution in [0.25, 0.3) is 0 Å². The third-order valence-electron chi connectivity index (χ3n) is 2.94. The lowest BCUT2D eigenvalue weighted by Gasteiger charge is -2.33. The SMILES string of the molecule is O=C(O)/C=C1\C[C@@H]2CCC[C@H]12. The monoisotopic (exact) mass is 152 g/mol. The summed E-state index contributed by atoms with van der Waals surface area (Å²) in [6, 6.07) is 0. The second-order valence-corrected chi connectivity index (χ2v) is 3.56. The van der Waals surface area contributed by atoms with Crippen LogP contribution in [0.3, 0.4) is 0 Å². The first-order chi connectivity index (χ1) is 5.27. The van der Waals surface area contributed by atoms with Gasteiger partial charge in [0.25, 0.3) is 0 Å². The summed E-state index contributed by atoms with van der Waals surface area (Å²) in [7, 11) is 0. The summed E-state index contributed by atoms with van der Waals surface area (Å²) in [6.45, 7) is 0. The van der Waals surface area contributed by atoms with Crippen LogP contribution in [0.2, 0.25) is 0 Å². The molecule has 0 unspecified atom stereocenters. The predicted molar refractivity (Wildman–Crippen MR) is 41.2 cm³/mol. The van der Waals surface area contributed by atoms with Gasteiger partial charge in [0.15, 0.2) is 0 Å². The molecule has 2 rings (SSSR count). The van der Waals surface area contributed by atoms with E-state index in [1.54, 1.807) is 0 Å². The Morgan fingerprint density at radius 3 is 3.00 bits per heavy atom. The molecular formula is C9H12O2. The highest BCUT2D eigenvalue weighted by Crippen LogP contribution is 2.50. The molecule has 0 aliphatic heterocycles. The van der Waals surface area contributed by atoms with Crippen LogP contribution < -0.4 is 0 Å². The van der Waals surface area contributed by atoms with Gasteiger partial charge >= 0.3 is 5.97 Å². The van der Waals surface area contributed by atoms with Crippen LogP contribution in [0.15, 0.2) is 11.6 Å². The summed E-state index contributed by atoms with van der Waals surface area (Å²) in [6.07, 6.45) is 6.31. The fourth-order valence-electron chi connectivity index (χ4n) is 2.39. The van der Waals surface area contributed by atoms with Crippen molar-refractivity contribution in [1.29, 1.82) is 0 Å². The lowest BCUT2D eigenvalue weighted by atomic mass is 9.71. The maximum absolute atomic E-state index is 10.3. The Morgan fingerprint density at radius 2 is 2.36 bits per heavy atom. The minimum Gasteiger partial charge on any atom is -0.478 e. The van der Waals surface area contributed by atoms with Crippen LogP contribution in [0.5, 0.6) is 0 Å². The molecule has 2 aliphatic rings. The van der Waals surface area contributed by atoms with Crippen molar-refractivity contribution >= 4 is 5.97 Å². The van der Waals surface area contributed by atoms with E-state index in [4.69, 9.17) is 5.11 Å². The first-order valence-corrected chi connectivity index (χ1v) is 4.21. The van der Waals surface area contributed by atoms with E-state index >= 15 is 0 Å². The molecule has 2 aliphatic carbocycles. The van der Waals surface area contributed by atoms with Crippen LogP contribution in [0.4, 0.5) is 0 Å². The second kappa shape index (κ2) is 2.36. The first-order valence-electron chi connectivity index (χ1n) is 4.21. The molecule has 0 aromatic carbocycles. The zero-order valence-corrected chi connectivity index (χ0v) is 6.42. The largest absolute Gasteiger partial charge is 0.478 e. The van der Waals surface area contributed by atoms with Gasteiger partial charge in [0.2, 0.25) is 0 Å². The number of carboxylic acids is 1. The highest BCUT2D eigenvalue weighted by molar-refractivity contribution is 5.81. The van der Waals surface area contributed by atoms with Crippen LogP contribution in [-0.4, -0.2) is 11.1 Å². The Morgan fingerprint density at radius 1 is 1.55 bits per heavy atom. The molecule has 0 saturated heterocycles. The molecule has 0 aromatic heterocycles. The normalized spacial score (nSPS) is 38.4. The van der Waals surface area contributed by atoms with Crippen molar-refractivity contribution in [3.05, 3.63) is 11.6 Å². The van der Waals surface area contributed by atoms with Gasteiger partial charge in [0, 0.05) is 6.08 Å². The molecule has 0 spiro atoms. The Labute approximate surface area is 65.9 Å². The summed E-state index contributed by atoms with van der Waals surface area (Å²) in [4.78, 5) is 10.3. The summed E-state index contributed by atoms with van der Waals surface area (Å²) in [5.74, 6) is 0.706. The molecule has 2 atom stereocenters. The van der Waals surface area contributed by atoms with Gasteiger partial charge < -0.3 is 5.11 Å². The number of aliphatic carboxylic acids is 1. The lowest BCUT2D eigenvalue weighted by molar-refractivity contribution is -0.131. The topological polar surface area (TPSA) is 37.3 Å². The number of allylic oxidation sites excluding steroid dienone is 1. The Hall–Kier alpha value is -0.790. The van der Waals surface area contributed by atoms with Gasteiger partial charge in [-0.05, 0) is 31.1 Å². The van der Waals surface area contributed by atoms with Gasteiger partial charge in [-0.2, -0.15) is 0 Å². The van der Waals surface area contributed by atoms with Gasteiger partial charge in [0.05, 0.1) is 0 Å². The number of rotatable bonds is 1. The molecule has 2 heteroatoms. The minimum absolute atomic E-state index is 0.645. The fourth-order valence-corrected chi connectivity index (χ4v) is 2.39. The quantitative estimate of drug-likeness (QED) is 0.582. The highest BCUT2D eigenvalue weighted by atomic mass is 16.4. The van der Waals surface area contributed by atoms with Crippen molar-refractivity contribution in [2.75, 3.05) is 0 Å². The Bertz CT molecular complexity index is 218. The molecule has 60 valence electrons. The molecule has 0 heterocycles. The maximum Gasteiger partial charge on any atom is 0.328 e. The zero-order chi connectivity index (χ0) is 7.84. The van der Waals surface area contributed by atoms with Crippen molar-refractivity contribution in [3.63, 3.8) is 0 Å². The lowest BCUT2D eigenvalue weighted by Crippen LogP contribution is -2.24. The van der Waals surface area contributed by atoms with Crippen molar-refractivity contribution in [1.82, 2.24) is 0 Å². The predicted octanol–water partition coefficient (Wildman–Crippen LogP) is 1.82. The van der Waals surface area contributed by atoms with Crippen LogP contribution >= 0.6 is 0 Å². The second-order valence-electron chi connectivity index (χ2n) is 3.56. The summed E-state index contributed by atoms with van der Waals surface area (Å²) in [5.41, 5.74) is 1.18. The average molecular weight is 152 g/mol. The van der Waals surface area contributed by atoms with E-state index in [1.807, 2.05) is 0 Å². The fraction of sp³-hybridized carbons (Fsp3) is 0.667. The molecule has 0 amide bonds. The van der Waals surface area contributed by atoms with E-state index < -0.39 is 5.97 Å². The number of carboxylic acid groups (broad SMARTS) is 1. The van der Waals surface area contributed by atoms with Crippen LogP contribution in [0.1, 0.15) is 25.7 Å². The minimum atomic E-state index is -0.773. The zero-order valence-electron chi connectivity index (χ0n) is 6.42. The standard InChI is InChI=1S/C9H12O2/c10-9(11)5-7-4-6-2-1-3-8(6)7/h5-6,8H,1-4H2,(H,10,11)/b7-5+/t6-,8-/m0/s1. The molecule has 2 saturated carbocycles. The number of hydrogen-bond donors (Lipinski definition) is 1. The average Bonchev–Trinajstić information content (AvgIpc) is 2.26. The number of carbonyl (C=O) groups is 1. The maximum atomic E-state index is 10.3. The van der Waals surface area contributed by atoms with Crippen LogP contribution in [-0.2, 0) is 4.79 Å². The van der Waals surface area contributed by atoms with Crippen LogP contribution in [0, 0.1) is 11.8 Å². The van der Waals surface area contributed by atoms with Crippen molar-refractivity contribution in [3.8, 4) is 0 Å². The van der Waals surface area contributed by atoms with E-state index in [0.717, 1.165) is 12.3 Å². The summed E-state index contributed by atoms with van der Waals surface area (Å²) >= 11 is 0. The third-order valence-corrected chi connectivity index (χ3v) is 2.94. The van der Waals surface area contributed by atoms with Gasteiger partial charge in [-0.1, -0.05) is 12.0 Å². The van der Waals surface area contributed by atoms with Gasteiger partial charge in [-0.25, -0.2) is 4.79 Å². The van der Waals surface area contributed by atoms with Gasteiger partial charge in [-0.15, -0.1) is 0 Å². The summed E-state index contributed by atoms with van der Waals surface area (Å²) in [5, 5.41) is 8.49. The first kappa shape index (κ1) is 6.89. The van der Waals surface area contributed by atoms with Crippen molar-refractivity contribution in [2.45, 2.75) is 25.7 Å². The number of hydrogen-bond acceptors (Lipinski definition) is 1. The van der Waals surface area contributed by atoms with Gasteiger partial charge in [0.1, 0.15) is 0 Å². The molecule has 2 nitrogen and oxygen atoms in total. The van der Waals surface area contributed by atoms with Crippen molar-refractivity contribution in [2.24, 2.45) is 11.8 Å². The van der Waals surface area contributed by atoms with E-state index in [-0.39, 0.29) is 0 Å². The van der Waals surface area contributed by atoms with E-state index in [1.165, 1.54) is 30.9 Å². The highest BCUT2D eigenvalue weighted by Gasteiger charge is 2.39. The molecule has 0 radical (unpaired) electrons. The Balaban J connectivity index is 2.05.